The number of rotatable bonds is 5. The van der Waals surface area contributed by atoms with Crippen LogP contribution < -0.4 is 15.0 Å². The average Bonchev–Trinajstić information content (AvgIpc) is 3.17. The summed E-state index contributed by atoms with van der Waals surface area (Å²) in [7, 11) is 1.65. The minimum absolute atomic E-state index is 0.207. The van der Waals surface area contributed by atoms with Crippen LogP contribution in [0.4, 0.5) is 0 Å². The Labute approximate surface area is 156 Å². The molecule has 1 N–H and O–H groups in total. The first kappa shape index (κ1) is 16.7. The number of benzene rings is 2. The highest BCUT2D eigenvalue weighted by Gasteiger charge is 2.19. The Balaban J connectivity index is 1.47. The maximum atomic E-state index is 6.22. The van der Waals surface area contributed by atoms with Gasteiger partial charge in [-0.3, -0.25) is 15.3 Å². The van der Waals surface area contributed by atoms with Crippen molar-refractivity contribution in [2.75, 3.05) is 13.7 Å². The maximum absolute atomic E-state index is 6.22. The number of hydrogen-bond acceptors (Lipinski definition) is 5. The molecule has 3 aromatic rings. The number of fused-ring (bicyclic) bond motifs is 1. The second-order valence-electron chi connectivity index (χ2n) is 5.82. The minimum Gasteiger partial charge on any atom is -0.497 e. The highest BCUT2D eigenvalue weighted by atomic mass is 35.5. The van der Waals surface area contributed by atoms with E-state index < -0.39 is 0 Å². The Morgan fingerprint density at radius 2 is 2.00 bits per heavy atom. The molecule has 1 atom stereocenters. The Morgan fingerprint density at radius 3 is 2.81 bits per heavy atom. The van der Waals surface area contributed by atoms with Crippen LogP contribution in [-0.4, -0.2) is 24.8 Å². The van der Waals surface area contributed by atoms with Gasteiger partial charge in [-0.05, 0) is 60.2 Å². The van der Waals surface area contributed by atoms with Crippen LogP contribution in [0.1, 0.15) is 5.56 Å². The van der Waals surface area contributed by atoms with E-state index in [-0.39, 0.29) is 6.10 Å². The number of hydrogen-bond donors (Lipinski definition) is 1. The third kappa shape index (κ3) is 3.31. The summed E-state index contributed by atoms with van der Waals surface area (Å²) in [5.41, 5.74) is 5.61. The molecule has 0 fully saturated rings. The molecule has 4 rings (SSSR count). The van der Waals surface area contributed by atoms with E-state index >= 15 is 0 Å². The summed E-state index contributed by atoms with van der Waals surface area (Å²) in [6.45, 7) is 0.361. The molecule has 0 unspecified atom stereocenters. The molecule has 1 aliphatic rings. The predicted molar refractivity (Wildman–Crippen MR) is 101 cm³/mol. The van der Waals surface area contributed by atoms with Crippen LogP contribution in [0, 0.1) is 0 Å². The normalized spacial score (nSPS) is 16.2. The summed E-state index contributed by atoms with van der Waals surface area (Å²) >= 11 is 6.22. The SMILES string of the molecule is COc1ccc(C2=C[C@@H](COc3ccc(Cl)c4cccnc34)ON2)cc1. The average molecular weight is 369 g/mol. The molecule has 0 saturated carbocycles. The highest BCUT2D eigenvalue weighted by Crippen LogP contribution is 2.30. The number of pyridine rings is 1. The zero-order valence-electron chi connectivity index (χ0n) is 14.1. The van der Waals surface area contributed by atoms with Crippen LogP contribution in [0.15, 0.2) is 60.8 Å². The van der Waals surface area contributed by atoms with E-state index in [1.807, 2.05) is 54.6 Å². The number of methoxy groups -OCH3 is 1. The molecule has 1 aliphatic heterocycles. The second-order valence-corrected chi connectivity index (χ2v) is 6.23. The van der Waals surface area contributed by atoms with Gasteiger partial charge in [0.2, 0.25) is 0 Å². The summed E-state index contributed by atoms with van der Waals surface area (Å²) in [5.74, 6) is 1.50. The van der Waals surface area contributed by atoms with Gasteiger partial charge in [-0.15, -0.1) is 0 Å². The Kier molecular flexibility index (Phi) is 4.65. The highest BCUT2D eigenvalue weighted by molar-refractivity contribution is 6.35. The zero-order chi connectivity index (χ0) is 17.9. The number of hydroxylamine groups is 1. The fourth-order valence-electron chi connectivity index (χ4n) is 2.80. The molecule has 0 saturated heterocycles. The van der Waals surface area contributed by atoms with E-state index in [1.165, 1.54) is 0 Å². The summed E-state index contributed by atoms with van der Waals surface area (Å²) in [4.78, 5) is 9.96. The summed E-state index contributed by atoms with van der Waals surface area (Å²) in [6, 6.07) is 15.2. The van der Waals surface area contributed by atoms with Crippen molar-refractivity contribution in [2.45, 2.75) is 6.10 Å². The monoisotopic (exact) mass is 368 g/mol. The van der Waals surface area contributed by atoms with Crippen LogP contribution in [0.2, 0.25) is 5.02 Å². The van der Waals surface area contributed by atoms with Crippen molar-refractivity contribution in [1.29, 1.82) is 0 Å². The fourth-order valence-corrected chi connectivity index (χ4v) is 3.02. The molecule has 0 spiro atoms. The van der Waals surface area contributed by atoms with Crippen molar-refractivity contribution >= 4 is 28.2 Å². The Bertz CT molecular complexity index is 957. The first-order valence-corrected chi connectivity index (χ1v) is 8.56. The molecule has 0 radical (unpaired) electrons. The van der Waals surface area contributed by atoms with Gasteiger partial charge in [0.05, 0.1) is 17.8 Å². The van der Waals surface area contributed by atoms with Crippen molar-refractivity contribution in [3.05, 3.63) is 71.4 Å². The smallest absolute Gasteiger partial charge is 0.145 e. The standard InChI is InChI=1S/C20H17ClN2O3/c1-24-14-6-4-13(5-7-14)18-11-15(26-23-18)12-25-19-9-8-17(21)16-3-2-10-22-20(16)19/h2-11,15,23H,12H2,1H3/t15-/m0/s1. The number of nitrogens with one attached hydrogen (secondary N) is 1. The van der Waals surface area contributed by atoms with Crippen LogP contribution in [0.25, 0.3) is 16.6 Å². The van der Waals surface area contributed by atoms with Gasteiger partial charge < -0.3 is 9.47 Å². The predicted octanol–water partition coefficient (Wildman–Crippen LogP) is 4.22. The third-order valence-electron chi connectivity index (χ3n) is 4.16. The molecule has 6 heteroatoms. The van der Waals surface area contributed by atoms with Gasteiger partial charge >= 0.3 is 0 Å². The van der Waals surface area contributed by atoms with Gasteiger partial charge in [0.25, 0.3) is 0 Å². The Hall–Kier alpha value is -2.76. The van der Waals surface area contributed by atoms with E-state index in [0.717, 1.165) is 27.9 Å². The first-order valence-electron chi connectivity index (χ1n) is 8.18. The lowest BCUT2D eigenvalue weighted by atomic mass is 10.1. The van der Waals surface area contributed by atoms with E-state index in [1.54, 1.807) is 13.3 Å². The lowest BCUT2D eigenvalue weighted by Crippen LogP contribution is -2.19. The quantitative estimate of drug-likeness (QED) is 0.730. The molecular formula is C20H17ClN2O3. The van der Waals surface area contributed by atoms with Crippen LogP contribution >= 0.6 is 11.6 Å². The van der Waals surface area contributed by atoms with Crippen molar-refractivity contribution in [1.82, 2.24) is 10.5 Å². The molecule has 2 heterocycles. The number of aromatic nitrogens is 1. The number of halogens is 1. The molecule has 5 nitrogen and oxygen atoms in total. The topological polar surface area (TPSA) is 52.6 Å². The zero-order valence-corrected chi connectivity index (χ0v) is 14.9. The number of nitrogens with zero attached hydrogens (tertiary/aromatic N) is 1. The Morgan fingerprint density at radius 1 is 1.15 bits per heavy atom. The molecule has 2 aromatic carbocycles. The lowest BCUT2D eigenvalue weighted by molar-refractivity contribution is 0.0238. The van der Waals surface area contributed by atoms with Crippen LogP contribution in [0.5, 0.6) is 11.5 Å². The van der Waals surface area contributed by atoms with Gasteiger partial charge in [-0.25, -0.2) is 0 Å². The molecule has 0 bridgehead atoms. The minimum atomic E-state index is -0.207. The van der Waals surface area contributed by atoms with E-state index in [2.05, 4.69) is 10.5 Å². The van der Waals surface area contributed by atoms with Gasteiger partial charge in [0.15, 0.2) is 0 Å². The van der Waals surface area contributed by atoms with E-state index in [9.17, 15) is 0 Å². The summed E-state index contributed by atoms with van der Waals surface area (Å²) in [5, 5.41) is 1.52. The summed E-state index contributed by atoms with van der Waals surface area (Å²) in [6.07, 6.45) is 3.51. The molecule has 26 heavy (non-hydrogen) atoms. The third-order valence-corrected chi connectivity index (χ3v) is 4.49. The maximum Gasteiger partial charge on any atom is 0.145 e. The lowest BCUT2D eigenvalue weighted by Gasteiger charge is -2.12. The molecule has 0 amide bonds. The van der Waals surface area contributed by atoms with Crippen molar-refractivity contribution in [3.8, 4) is 11.5 Å². The molecular weight excluding hydrogens is 352 g/mol. The van der Waals surface area contributed by atoms with Crippen molar-refractivity contribution in [3.63, 3.8) is 0 Å². The molecule has 132 valence electrons. The van der Waals surface area contributed by atoms with Gasteiger partial charge in [-0.2, -0.15) is 0 Å². The van der Waals surface area contributed by atoms with E-state index in [0.29, 0.717) is 17.4 Å². The van der Waals surface area contributed by atoms with Crippen LogP contribution in [0.3, 0.4) is 0 Å². The largest absolute Gasteiger partial charge is 0.497 e. The van der Waals surface area contributed by atoms with Gasteiger partial charge in [0.1, 0.15) is 29.7 Å². The fraction of sp³-hybridized carbons (Fsp3) is 0.150. The van der Waals surface area contributed by atoms with Crippen molar-refractivity contribution < 1.29 is 14.3 Å². The second kappa shape index (κ2) is 7.23. The van der Waals surface area contributed by atoms with Crippen LogP contribution in [-0.2, 0) is 4.84 Å². The van der Waals surface area contributed by atoms with E-state index in [4.69, 9.17) is 25.9 Å². The molecule has 1 aromatic heterocycles. The molecule has 0 aliphatic carbocycles. The number of ether oxygens (including phenoxy) is 2. The van der Waals surface area contributed by atoms with Crippen molar-refractivity contribution in [2.24, 2.45) is 0 Å². The van der Waals surface area contributed by atoms with Gasteiger partial charge in [0, 0.05) is 11.6 Å². The van der Waals surface area contributed by atoms with Gasteiger partial charge in [-0.1, -0.05) is 11.6 Å². The summed E-state index contributed by atoms with van der Waals surface area (Å²) < 4.78 is 11.1. The first-order chi connectivity index (χ1) is 12.7.